The van der Waals surface area contributed by atoms with Crippen LogP contribution in [-0.2, 0) is 9.59 Å². The molecule has 1 rings (SSSR count). The van der Waals surface area contributed by atoms with Crippen molar-refractivity contribution in [1.29, 1.82) is 0 Å². The van der Waals surface area contributed by atoms with Gasteiger partial charge in [-0.1, -0.05) is 27.7 Å². The lowest BCUT2D eigenvalue weighted by molar-refractivity contribution is -0.161. The van der Waals surface area contributed by atoms with Gasteiger partial charge < -0.3 is 0 Å². The van der Waals surface area contributed by atoms with Gasteiger partial charge in [0.25, 0.3) is 0 Å². The molecule has 2 amide bonds. The number of hydrogen-bond donors (Lipinski definition) is 0. The molecule has 0 N–H and O–H groups in total. The van der Waals surface area contributed by atoms with Crippen LogP contribution < -0.4 is 0 Å². The van der Waals surface area contributed by atoms with Crippen molar-refractivity contribution in [3.05, 3.63) is 0 Å². The maximum Gasteiger partial charge on any atom is 0.243 e. The van der Waals surface area contributed by atoms with Crippen molar-refractivity contribution in [2.45, 2.75) is 34.1 Å². The van der Waals surface area contributed by atoms with Crippen LogP contribution in [0, 0.1) is 11.8 Å². The minimum Gasteiger partial charge on any atom is -0.273 e. The van der Waals surface area contributed by atoms with Crippen LogP contribution in [0.1, 0.15) is 34.1 Å². The quantitative estimate of drug-likeness (QED) is 0.691. The van der Waals surface area contributed by atoms with Crippen molar-refractivity contribution in [1.82, 2.24) is 10.0 Å². The Morgan fingerprint density at radius 2 is 1.20 bits per heavy atom. The van der Waals surface area contributed by atoms with E-state index < -0.39 is 0 Å². The Kier molecular flexibility index (Phi) is 3.72. The van der Waals surface area contributed by atoms with Crippen LogP contribution in [0.3, 0.4) is 0 Å². The van der Waals surface area contributed by atoms with Gasteiger partial charge in [-0.2, -0.15) is 0 Å². The van der Waals surface area contributed by atoms with Crippen molar-refractivity contribution < 1.29 is 9.59 Å². The van der Waals surface area contributed by atoms with Crippen LogP contribution in [0.4, 0.5) is 0 Å². The molecular weight excluding hydrogens is 192 g/mol. The Morgan fingerprint density at radius 1 is 0.867 bits per heavy atom. The second kappa shape index (κ2) is 4.64. The second-order valence-corrected chi connectivity index (χ2v) is 4.59. The van der Waals surface area contributed by atoms with E-state index in [1.54, 1.807) is 10.0 Å². The lowest BCUT2D eigenvalue weighted by Gasteiger charge is -2.30. The Balaban J connectivity index is 2.73. The number of hydrazine groups is 1. The molecule has 1 aliphatic rings. The topological polar surface area (TPSA) is 40.6 Å². The molecule has 1 saturated heterocycles. The highest BCUT2D eigenvalue weighted by Crippen LogP contribution is 2.16. The predicted molar refractivity (Wildman–Crippen MR) is 57.7 cm³/mol. The average Bonchev–Trinajstić information content (AvgIpc) is 2.63. The van der Waals surface area contributed by atoms with Crippen LogP contribution in [0.15, 0.2) is 0 Å². The van der Waals surface area contributed by atoms with Crippen molar-refractivity contribution in [3.8, 4) is 0 Å². The third kappa shape index (κ3) is 2.49. The molecule has 1 heterocycles. The molecule has 0 saturated carbocycles. The third-order valence-electron chi connectivity index (χ3n) is 2.53. The molecule has 0 unspecified atom stereocenters. The summed E-state index contributed by atoms with van der Waals surface area (Å²) >= 11 is 0. The average molecular weight is 212 g/mol. The zero-order chi connectivity index (χ0) is 11.6. The SMILES string of the molecule is CC(C)C(=O)N1CCCN1C(=O)C(C)C. The Hall–Kier alpha value is -1.06. The molecule has 1 fully saturated rings. The zero-order valence-corrected chi connectivity index (χ0v) is 9.99. The van der Waals surface area contributed by atoms with E-state index in [9.17, 15) is 9.59 Å². The smallest absolute Gasteiger partial charge is 0.243 e. The van der Waals surface area contributed by atoms with Crippen molar-refractivity contribution in [3.63, 3.8) is 0 Å². The summed E-state index contributed by atoms with van der Waals surface area (Å²) in [6.07, 6.45) is 0.886. The van der Waals surface area contributed by atoms with Gasteiger partial charge in [-0.3, -0.25) is 19.6 Å². The molecule has 86 valence electrons. The van der Waals surface area contributed by atoms with E-state index in [-0.39, 0.29) is 23.7 Å². The second-order valence-electron chi connectivity index (χ2n) is 4.59. The number of nitrogens with zero attached hydrogens (tertiary/aromatic N) is 2. The van der Waals surface area contributed by atoms with Crippen LogP contribution in [-0.4, -0.2) is 34.9 Å². The first-order chi connectivity index (χ1) is 6.95. The maximum absolute atomic E-state index is 11.8. The standard InChI is InChI=1S/C11H20N2O2/c1-8(2)10(14)12-6-5-7-13(12)11(15)9(3)4/h8-9H,5-7H2,1-4H3. The van der Waals surface area contributed by atoms with Crippen LogP contribution in [0.25, 0.3) is 0 Å². The normalized spacial score (nSPS) is 16.7. The van der Waals surface area contributed by atoms with E-state index >= 15 is 0 Å². The van der Waals surface area contributed by atoms with Crippen LogP contribution >= 0.6 is 0 Å². The summed E-state index contributed by atoms with van der Waals surface area (Å²) in [6.45, 7) is 8.79. The van der Waals surface area contributed by atoms with Gasteiger partial charge in [-0.25, -0.2) is 0 Å². The first kappa shape index (κ1) is 12.0. The van der Waals surface area contributed by atoms with E-state index in [4.69, 9.17) is 0 Å². The summed E-state index contributed by atoms with van der Waals surface area (Å²) in [4.78, 5) is 23.6. The molecule has 0 aromatic heterocycles. The molecule has 4 heteroatoms. The van der Waals surface area contributed by atoms with E-state index in [0.717, 1.165) is 6.42 Å². The Morgan fingerprint density at radius 3 is 1.47 bits per heavy atom. The molecule has 4 nitrogen and oxygen atoms in total. The number of amides is 2. The fourth-order valence-corrected chi connectivity index (χ4v) is 1.67. The Bertz CT molecular complexity index is 235. The van der Waals surface area contributed by atoms with Crippen LogP contribution in [0.2, 0.25) is 0 Å². The number of carbonyl (C=O) groups excluding carboxylic acids is 2. The highest BCUT2D eigenvalue weighted by Gasteiger charge is 2.32. The molecule has 0 spiro atoms. The summed E-state index contributed by atoms with van der Waals surface area (Å²) in [5, 5.41) is 3.21. The zero-order valence-electron chi connectivity index (χ0n) is 9.99. The minimum absolute atomic E-state index is 0.0431. The van der Waals surface area contributed by atoms with Gasteiger partial charge in [-0.15, -0.1) is 0 Å². The predicted octanol–water partition coefficient (Wildman–Crippen LogP) is 1.27. The molecule has 0 aliphatic carbocycles. The number of rotatable bonds is 2. The number of carbonyl (C=O) groups is 2. The molecule has 0 radical (unpaired) electrons. The summed E-state index contributed by atoms with van der Waals surface area (Å²) < 4.78 is 0. The highest BCUT2D eigenvalue weighted by atomic mass is 16.2. The minimum atomic E-state index is -0.0504. The lowest BCUT2D eigenvalue weighted by Crippen LogP contribution is -2.47. The molecule has 0 aromatic carbocycles. The molecule has 0 bridgehead atoms. The molecular formula is C11H20N2O2. The number of hydrogen-bond acceptors (Lipinski definition) is 2. The summed E-state index contributed by atoms with van der Waals surface area (Å²) in [6, 6.07) is 0. The molecule has 1 aliphatic heterocycles. The molecule has 0 aromatic rings. The maximum atomic E-state index is 11.8. The highest BCUT2D eigenvalue weighted by molar-refractivity contribution is 5.84. The fraction of sp³-hybridized carbons (Fsp3) is 0.818. The summed E-state index contributed by atoms with van der Waals surface area (Å²) in [5.41, 5.74) is 0. The van der Waals surface area contributed by atoms with Crippen molar-refractivity contribution >= 4 is 11.8 Å². The first-order valence-corrected chi connectivity index (χ1v) is 5.57. The Labute approximate surface area is 91.2 Å². The van der Waals surface area contributed by atoms with E-state index in [1.165, 1.54) is 0 Å². The lowest BCUT2D eigenvalue weighted by atomic mass is 10.2. The van der Waals surface area contributed by atoms with E-state index in [0.29, 0.717) is 13.1 Å². The van der Waals surface area contributed by atoms with Gasteiger partial charge in [0.15, 0.2) is 0 Å². The first-order valence-electron chi connectivity index (χ1n) is 5.57. The summed E-state index contributed by atoms with van der Waals surface area (Å²) in [7, 11) is 0. The molecule has 15 heavy (non-hydrogen) atoms. The largest absolute Gasteiger partial charge is 0.273 e. The third-order valence-corrected chi connectivity index (χ3v) is 2.53. The monoisotopic (exact) mass is 212 g/mol. The van der Waals surface area contributed by atoms with Crippen molar-refractivity contribution in [2.24, 2.45) is 11.8 Å². The van der Waals surface area contributed by atoms with Gasteiger partial charge in [0.1, 0.15) is 0 Å². The fourth-order valence-electron chi connectivity index (χ4n) is 1.67. The van der Waals surface area contributed by atoms with E-state index in [1.807, 2.05) is 27.7 Å². The van der Waals surface area contributed by atoms with Gasteiger partial charge in [0.2, 0.25) is 11.8 Å². The van der Waals surface area contributed by atoms with Gasteiger partial charge >= 0.3 is 0 Å². The van der Waals surface area contributed by atoms with Gasteiger partial charge in [0.05, 0.1) is 0 Å². The van der Waals surface area contributed by atoms with Crippen LogP contribution in [0.5, 0.6) is 0 Å². The molecule has 0 atom stereocenters. The van der Waals surface area contributed by atoms with E-state index in [2.05, 4.69) is 0 Å². The van der Waals surface area contributed by atoms with Crippen molar-refractivity contribution in [2.75, 3.05) is 13.1 Å². The van der Waals surface area contributed by atoms with Gasteiger partial charge in [0, 0.05) is 24.9 Å². The van der Waals surface area contributed by atoms with Gasteiger partial charge in [-0.05, 0) is 6.42 Å². The summed E-state index contributed by atoms with van der Waals surface area (Å²) in [5.74, 6) is -0.0147.